The molecule has 0 heterocycles. The zero-order valence-electron chi connectivity index (χ0n) is 7.82. The third-order valence-electron chi connectivity index (χ3n) is 2.43. The van der Waals surface area contributed by atoms with Crippen molar-refractivity contribution >= 4 is 0 Å². The molecule has 1 fully saturated rings. The Morgan fingerprint density at radius 3 is 1.50 bits per heavy atom. The van der Waals surface area contributed by atoms with Crippen LogP contribution in [-0.2, 0) is 4.74 Å². The second kappa shape index (κ2) is 4.52. The Morgan fingerprint density at radius 2 is 1.14 bits per heavy atom. The molecule has 5 N–H and O–H groups in total. The van der Waals surface area contributed by atoms with Gasteiger partial charge in [0.05, 0.1) is 0 Å². The molecule has 0 aliphatic heterocycles. The number of ether oxygens (including phenoxy) is 1. The van der Waals surface area contributed by atoms with E-state index in [0.29, 0.717) is 0 Å². The molecule has 0 aromatic heterocycles. The van der Waals surface area contributed by atoms with Crippen molar-refractivity contribution < 1.29 is 30.3 Å². The molecule has 1 aliphatic carbocycles. The lowest BCUT2D eigenvalue weighted by Crippen LogP contribution is -2.64. The Hall–Kier alpha value is -0.240. The Balaban J connectivity index is 2.75. The third kappa shape index (κ3) is 1.90. The van der Waals surface area contributed by atoms with Crippen LogP contribution >= 0.6 is 0 Å². The van der Waals surface area contributed by atoms with Crippen LogP contribution in [0.2, 0.25) is 0 Å². The van der Waals surface area contributed by atoms with Gasteiger partial charge >= 0.3 is 0 Å². The van der Waals surface area contributed by atoms with Gasteiger partial charge in [0, 0.05) is 6.61 Å². The number of aliphatic hydroxyl groups excluding tert-OH is 5. The van der Waals surface area contributed by atoms with Crippen LogP contribution in [0.5, 0.6) is 0 Å². The van der Waals surface area contributed by atoms with E-state index in [1.165, 1.54) is 0 Å². The number of rotatable bonds is 2. The van der Waals surface area contributed by atoms with Gasteiger partial charge in [-0.3, -0.25) is 0 Å². The van der Waals surface area contributed by atoms with Crippen molar-refractivity contribution in [2.75, 3.05) is 6.61 Å². The van der Waals surface area contributed by atoms with Crippen LogP contribution in [0.25, 0.3) is 0 Å². The molecular formula is C8H16O6. The lowest BCUT2D eigenvalue weighted by atomic mass is 9.85. The summed E-state index contributed by atoms with van der Waals surface area (Å²) in [6, 6.07) is 0. The molecule has 14 heavy (non-hydrogen) atoms. The van der Waals surface area contributed by atoms with Gasteiger partial charge in [-0.15, -0.1) is 0 Å². The Kier molecular flexibility index (Phi) is 3.82. The van der Waals surface area contributed by atoms with E-state index in [0.717, 1.165) is 0 Å². The average molecular weight is 208 g/mol. The highest BCUT2D eigenvalue weighted by Gasteiger charge is 2.48. The van der Waals surface area contributed by atoms with Crippen molar-refractivity contribution in [2.45, 2.75) is 43.5 Å². The van der Waals surface area contributed by atoms with Crippen molar-refractivity contribution in [1.82, 2.24) is 0 Å². The first kappa shape index (κ1) is 11.8. The SMILES string of the molecule is CCOC1C(O)C(O)C(O)C(O)C1O. The summed E-state index contributed by atoms with van der Waals surface area (Å²) < 4.78 is 4.97. The predicted molar refractivity (Wildman–Crippen MR) is 45.4 cm³/mol. The minimum Gasteiger partial charge on any atom is -0.387 e. The quantitative estimate of drug-likeness (QED) is 0.335. The Bertz CT molecular complexity index is 171. The first-order valence-corrected chi connectivity index (χ1v) is 4.52. The third-order valence-corrected chi connectivity index (χ3v) is 2.43. The van der Waals surface area contributed by atoms with Crippen LogP contribution in [0.1, 0.15) is 6.92 Å². The van der Waals surface area contributed by atoms with Crippen molar-refractivity contribution in [3.8, 4) is 0 Å². The number of aliphatic hydroxyl groups is 5. The van der Waals surface area contributed by atoms with Crippen LogP contribution in [0.4, 0.5) is 0 Å². The topological polar surface area (TPSA) is 110 Å². The summed E-state index contributed by atoms with van der Waals surface area (Å²) in [7, 11) is 0. The molecule has 0 spiro atoms. The molecule has 1 aliphatic rings. The minimum absolute atomic E-state index is 0.230. The van der Waals surface area contributed by atoms with Crippen LogP contribution in [0.3, 0.4) is 0 Å². The molecule has 4 unspecified atom stereocenters. The largest absolute Gasteiger partial charge is 0.387 e. The first-order valence-electron chi connectivity index (χ1n) is 4.52. The van der Waals surface area contributed by atoms with Gasteiger partial charge < -0.3 is 30.3 Å². The minimum atomic E-state index is -1.56. The summed E-state index contributed by atoms with van der Waals surface area (Å²) in [5.74, 6) is 0. The normalized spacial score (nSPS) is 49.3. The maximum atomic E-state index is 9.42. The van der Waals surface area contributed by atoms with E-state index in [4.69, 9.17) is 4.74 Å². The lowest BCUT2D eigenvalue weighted by Gasteiger charge is -2.41. The van der Waals surface area contributed by atoms with Gasteiger partial charge in [0.1, 0.15) is 36.6 Å². The van der Waals surface area contributed by atoms with Crippen molar-refractivity contribution in [3.05, 3.63) is 0 Å². The zero-order valence-corrected chi connectivity index (χ0v) is 7.82. The van der Waals surface area contributed by atoms with Crippen LogP contribution in [-0.4, -0.2) is 68.8 Å². The lowest BCUT2D eigenvalue weighted by molar-refractivity contribution is -0.234. The average Bonchev–Trinajstić information content (AvgIpc) is 2.19. The van der Waals surface area contributed by atoms with Gasteiger partial charge in [-0.05, 0) is 6.92 Å². The van der Waals surface area contributed by atoms with Gasteiger partial charge in [-0.2, -0.15) is 0 Å². The number of hydrogen-bond acceptors (Lipinski definition) is 6. The molecule has 0 amide bonds. The number of hydrogen-bond donors (Lipinski definition) is 5. The Morgan fingerprint density at radius 1 is 0.786 bits per heavy atom. The second-order valence-electron chi connectivity index (χ2n) is 3.37. The molecule has 1 rings (SSSR count). The van der Waals surface area contributed by atoms with E-state index in [9.17, 15) is 25.5 Å². The molecule has 6 nitrogen and oxygen atoms in total. The fourth-order valence-electron chi connectivity index (χ4n) is 1.59. The van der Waals surface area contributed by atoms with Crippen LogP contribution in [0.15, 0.2) is 0 Å². The summed E-state index contributed by atoms with van der Waals surface area (Å²) in [5.41, 5.74) is 0. The van der Waals surface area contributed by atoms with Gasteiger partial charge in [0.2, 0.25) is 0 Å². The molecule has 0 radical (unpaired) electrons. The summed E-state index contributed by atoms with van der Waals surface area (Å²) in [4.78, 5) is 0. The zero-order chi connectivity index (χ0) is 10.9. The highest BCUT2D eigenvalue weighted by molar-refractivity contribution is 4.99. The predicted octanol–water partition coefficient (Wildman–Crippen LogP) is -2.79. The van der Waals surface area contributed by atoms with Crippen LogP contribution in [0, 0.1) is 0 Å². The summed E-state index contributed by atoms with van der Waals surface area (Å²) in [6.45, 7) is 1.89. The smallest absolute Gasteiger partial charge is 0.114 e. The maximum absolute atomic E-state index is 9.42. The molecule has 0 saturated heterocycles. The summed E-state index contributed by atoms with van der Waals surface area (Å²) >= 11 is 0. The molecule has 4 atom stereocenters. The maximum Gasteiger partial charge on any atom is 0.114 e. The Labute approximate surface area is 81.4 Å². The van der Waals surface area contributed by atoms with E-state index in [1.807, 2.05) is 0 Å². The van der Waals surface area contributed by atoms with Gasteiger partial charge in [-0.1, -0.05) is 0 Å². The van der Waals surface area contributed by atoms with E-state index >= 15 is 0 Å². The summed E-state index contributed by atoms with van der Waals surface area (Å²) in [6.07, 6.45) is -8.45. The molecule has 6 heteroatoms. The van der Waals surface area contributed by atoms with Gasteiger partial charge in [0.15, 0.2) is 0 Å². The van der Waals surface area contributed by atoms with E-state index in [1.54, 1.807) is 6.92 Å². The fraction of sp³-hybridized carbons (Fsp3) is 1.00. The van der Waals surface area contributed by atoms with Gasteiger partial charge in [-0.25, -0.2) is 0 Å². The molecule has 0 aromatic carbocycles. The standard InChI is InChI=1S/C8H16O6/c1-2-14-8-6(12)4(10)3(9)5(11)7(8)13/h3-13H,2H2,1H3. The highest BCUT2D eigenvalue weighted by Crippen LogP contribution is 2.23. The molecule has 1 saturated carbocycles. The monoisotopic (exact) mass is 208 g/mol. The first-order chi connectivity index (χ1) is 6.50. The van der Waals surface area contributed by atoms with E-state index in [2.05, 4.69) is 0 Å². The molecule has 0 bridgehead atoms. The van der Waals surface area contributed by atoms with E-state index < -0.39 is 36.6 Å². The molecular weight excluding hydrogens is 192 g/mol. The fourth-order valence-corrected chi connectivity index (χ4v) is 1.59. The van der Waals surface area contributed by atoms with Gasteiger partial charge in [0.25, 0.3) is 0 Å². The highest BCUT2D eigenvalue weighted by atomic mass is 16.5. The second-order valence-corrected chi connectivity index (χ2v) is 3.37. The molecule has 84 valence electrons. The van der Waals surface area contributed by atoms with Crippen LogP contribution < -0.4 is 0 Å². The summed E-state index contributed by atoms with van der Waals surface area (Å²) in [5, 5.41) is 46.6. The van der Waals surface area contributed by atoms with Crippen molar-refractivity contribution in [1.29, 1.82) is 0 Å². The van der Waals surface area contributed by atoms with Crippen molar-refractivity contribution in [2.24, 2.45) is 0 Å². The molecule has 0 aromatic rings. The van der Waals surface area contributed by atoms with Crippen molar-refractivity contribution in [3.63, 3.8) is 0 Å². The van der Waals surface area contributed by atoms with E-state index in [-0.39, 0.29) is 6.61 Å².